The van der Waals surface area contributed by atoms with E-state index >= 15 is 0 Å². The molecule has 1 atom stereocenters. The Morgan fingerprint density at radius 3 is 2.59 bits per heavy atom. The maximum Gasteiger partial charge on any atom is 0.245 e. The number of carbonyl (C=O) groups excluding carboxylic acids is 1. The highest BCUT2D eigenvalue weighted by molar-refractivity contribution is 5.91. The fraction of sp³-hybridized carbons (Fsp3) is 0.231. The monoisotopic (exact) mass is 431 g/mol. The Morgan fingerprint density at radius 1 is 1.28 bits per heavy atom. The second-order valence-corrected chi connectivity index (χ2v) is 7.70. The molecule has 3 aromatic rings. The van der Waals surface area contributed by atoms with E-state index in [1.54, 1.807) is 31.2 Å². The second kappa shape index (κ2) is 9.63. The summed E-state index contributed by atoms with van der Waals surface area (Å²) >= 11 is 0. The first-order valence-electron chi connectivity index (χ1n) is 10.2. The molecular weight excluding hydrogens is 405 g/mol. The van der Waals surface area contributed by atoms with E-state index in [9.17, 15) is 14.4 Å². The smallest absolute Gasteiger partial charge is 0.245 e. The predicted molar refractivity (Wildman–Crippen MR) is 124 cm³/mol. The number of carbonyl (C=O) groups is 1. The highest BCUT2D eigenvalue weighted by atomic mass is 19.1. The highest BCUT2D eigenvalue weighted by Crippen LogP contribution is 2.33. The van der Waals surface area contributed by atoms with E-state index in [1.165, 1.54) is 19.2 Å². The first-order chi connectivity index (χ1) is 15.4. The standard InChI is InChI=1S/C26H26FN3O2/c1-5-14-30(3)26(2,20-10-12-21(27)13-11-20)25(31)29-17-23-22-9-7-6-8-18(22)15-19(16-28)24(23)32-4/h5-13,15H,1,14,17H2,2-4H3,(H,29,31). The molecule has 0 bridgehead atoms. The Morgan fingerprint density at radius 2 is 1.97 bits per heavy atom. The summed E-state index contributed by atoms with van der Waals surface area (Å²) in [4.78, 5) is 15.4. The SMILES string of the molecule is C=CCN(C)C(C)(C(=O)NCc1c(OC)c(C#N)cc2ccccc12)c1ccc(F)cc1. The Bertz CT molecular complexity index is 1180. The number of hydrogen-bond acceptors (Lipinski definition) is 4. The molecule has 1 unspecified atom stereocenters. The van der Waals surface area contributed by atoms with E-state index in [2.05, 4.69) is 18.0 Å². The topological polar surface area (TPSA) is 65.4 Å². The quantitative estimate of drug-likeness (QED) is 0.533. The average molecular weight is 432 g/mol. The Labute approximate surface area is 187 Å². The number of methoxy groups -OCH3 is 1. The molecule has 0 spiro atoms. The van der Waals surface area contributed by atoms with E-state index in [4.69, 9.17) is 4.74 Å². The minimum atomic E-state index is -1.07. The summed E-state index contributed by atoms with van der Waals surface area (Å²) in [6.45, 7) is 6.18. The van der Waals surface area contributed by atoms with Crippen LogP contribution in [-0.2, 0) is 16.9 Å². The van der Waals surface area contributed by atoms with Gasteiger partial charge < -0.3 is 10.1 Å². The summed E-state index contributed by atoms with van der Waals surface area (Å²) in [5.41, 5.74) is 0.713. The van der Waals surface area contributed by atoms with E-state index in [-0.39, 0.29) is 18.3 Å². The second-order valence-electron chi connectivity index (χ2n) is 7.70. The summed E-state index contributed by atoms with van der Waals surface area (Å²) in [6.07, 6.45) is 1.71. The predicted octanol–water partition coefficient (Wildman–Crippen LogP) is 4.51. The minimum absolute atomic E-state index is 0.163. The molecule has 3 aromatic carbocycles. The number of nitrogens with one attached hydrogen (secondary N) is 1. The number of nitriles is 1. The third kappa shape index (κ3) is 4.20. The molecule has 0 saturated carbocycles. The number of rotatable bonds is 8. The molecule has 0 radical (unpaired) electrons. The largest absolute Gasteiger partial charge is 0.495 e. The summed E-state index contributed by atoms with van der Waals surface area (Å²) in [7, 11) is 3.33. The van der Waals surface area contributed by atoms with Crippen molar-refractivity contribution in [3.8, 4) is 11.8 Å². The van der Waals surface area contributed by atoms with Crippen molar-refractivity contribution in [2.24, 2.45) is 0 Å². The number of nitrogens with zero attached hydrogens (tertiary/aromatic N) is 2. The molecule has 164 valence electrons. The molecule has 5 nitrogen and oxygen atoms in total. The van der Waals surface area contributed by atoms with Gasteiger partial charge in [-0.3, -0.25) is 9.69 Å². The fourth-order valence-corrected chi connectivity index (χ4v) is 3.91. The molecule has 0 fully saturated rings. The third-order valence-corrected chi connectivity index (χ3v) is 5.87. The maximum atomic E-state index is 13.5. The number of fused-ring (bicyclic) bond motifs is 1. The van der Waals surface area contributed by atoms with Gasteiger partial charge in [0.2, 0.25) is 5.91 Å². The van der Waals surface area contributed by atoms with Gasteiger partial charge in [0.1, 0.15) is 23.2 Å². The van der Waals surface area contributed by atoms with Gasteiger partial charge in [-0.05, 0) is 48.5 Å². The van der Waals surface area contributed by atoms with Crippen LogP contribution in [0.4, 0.5) is 4.39 Å². The lowest BCUT2D eigenvalue weighted by molar-refractivity contribution is -0.132. The van der Waals surface area contributed by atoms with Crippen molar-refractivity contribution in [2.75, 3.05) is 20.7 Å². The van der Waals surface area contributed by atoms with E-state index in [1.807, 2.05) is 36.2 Å². The molecule has 0 aliphatic rings. The van der Waals surface area contributed by atoms with Crippen LogP contribution in [0.15, 0.2) is 67.3 Å². The van der Waals surface area contributed by atoms with Crippen molar-refractivity contribution in [1.29, 1.82) is 5.26 Å². The third-order valence-electron chi connectivity index (χ3n) is 5.87. The van der Waals surface area contributed by atoms with Crippen molar-refractivity contribution in [2.45, 2.75) is 19.0 Å². The maximum absolute atomic E-state index is 13.5. The van der Waals surface area contributed by atoms with Gasteiger partial charge in [0.15, 0.2) is 0 Å². The lowest BCUT2D eigenvalue weighted by atomic mass is 9.88. The van der Waals surface area contributed by atoms with Crippen molar-refractivity contribution in [3.63, 3.8) is 0 Å². The zero-order chi connectivity index (χ0) is 23.3. The zero-order valence-electron chi connectivity index (χ0n) is 18.5. The summed E-state index contributed by atoms with van der Waals surface area (Å²) < 4.78 is 19.1. The molecule has 1 N–H and O–H groups in total. The fourth-order valence-electron chi connectivity index (χ4n) is 3.91. The van der Waals surface area contributed by atoms with Gasteiger partial charge in [0, 0.05) is 18.7 Å². The normalized spacial score (nSPS) is 12.8. The van der Waals surface area contributed by atoms with Crippen LogP contribution in [-0.4, -0.2) is 31.5 Å². The van der Waals surface area contributed by atoms with Crippen LogP contribution in [0.3, 0.4) is 0 Å². The minimum Gasteiger partial charge on any atom is -0.495 e. The zero-order valence-corrected chi connectivity index (χ0v) is 18.5. The number of benzene rings is 3. The van der Waals surface area contributed by atoms with Crippen molar-refractivity contribution in [1.82, 2.24) is 10.2 Å². The molecule has 0 aliphatic heterocycles. The summed E-state index contributed by atoms with van der Waals surface area (Å²) in [5.74, 6) is -0.191. The molecule has 0 aliphatic carbocycles. The number of halogens is 1. The van der Waals surface area contributed by atoms with Gasteiger partial charge >= 0.3 is 0 Å². The van der Waals surface area contributed by atoms with Crippen LogP contribution in [0, 0.1) is 17.1 Å². The Kier molecular flexibility index (Phi) is 6.92. The average Bonchev–Trinajstić information content (AvgIpc) is 2.81. The Balaban J connectivity index is 2.01. The van der Waals surface area contributed by atoms with Crippen LogP contribution in [0.2, 0.25) is 0 Å². The lowest BCUT2D eigenvalue weighted by Gasteiger charge is -2.37. The molecule has 1 amide bonds. The number of likely N-dealkylation sites (N-methyl/N-ethyl adjacent to an activating group) is 1. The van der Waals surface area contributed by atoms with Gasteiger partial charge in [-0.15, -0.1) is 6.58 Å². The van der Waals surface area contributed by atoms with Crippen molar-refractivity contribution in [3.05, 3.63) is 89.8 Å². The molecule has 6 heteroatoms. The van der Waals surface area contributed by atoms with Crippen molar-refractivity contribution >= 4 is 16.7 Å². The molecule has 0 heterocycles. The van der Waals surface area contributed by atoms with Crippen LogP contribution in [0.25, 0.3) is 10.8 Å². The summed E-state index contributed by atoms with van der Waals surface area (Å²) in [5, 5.41) is 14.4. The van der Waals surface area contributed by atoms with Gasteiger partial charge in [0.25, 0.3) is 0 Å². The van der Waals surface area contributed by atoms with E-state index in [0.29, 0.717) is 23.4 Å². The number of ether oxygens (including phenoxy) is 1. The first-order valence-corrected chi connectivity index (χ1v) is 10.2. The van der Waals surface area contributed by atoms with Gasteiger partial charge in [-0.1, -0.05) is 42.5 Å². The van der Waals surface area contributed by atoms with Crippen LogP contribution in [0.5, 0.6) is 5.75 Å². The first kappa shape index (κ1) is 23.0. The highest BCUT2D eigenvalue weighted by Gasteiger charge is 2.39. The van der Waals surface area contributed by atoms with Crippen molar-refractivity contribution < 1.29 is 13.9 Å². The molecule has 3 rings (SSSR count). The van der Waals surface area contributed by atoms with E-state index < -0.39 is 5.54 Å². The molecule has 0 aromatic heterocycles. The lowest BCUT2D eigenvalue weighted by Crippen LogP contribution is -2.53. The molecular formula is C26H26FN3O2. The Hall–Kier alpha value is -3.69. The molecule has 0 saturated heterocycles. The van der Waals surface area contributed by atoms with Crippen LogP contribution in [0.1, 0.15) is 23.6 Å². The van der Waals surface area contributed by atoms with Gasteiger partial charge in [-0.2, -0.15) is 5.26 Å². The van der Waals surface area contributed by atoms with Crippen LogP contribution < -0.4 is 10.1 Å². The number of amides is 1. The number of hydrogen-bond donors (Lipinski definition) is 1. The van der Waals surface area contributed by atoms with E-state index in [0.717, 1.165) is 16.3 Å². The summed E-state index contributed by atoms with van der Waals surface area (Å²) in [6, 6.07) is 17.5. The van der Waals surface area contributed by atoms with Gasteiger partial charge in [0.05, 0.1) is 12.7 Å². The van der Waals surface area contributed by atoms with Crippen LogP contribution >= 0.6 is 0 Å². The molecule has 32 heavy (non-hydrogen) atoms. The van der Waals surface area contributed by atoms with Gasteiger partial charge in [-0.25, -0.2) is 4.39 Å².